The first kappa shape index (κ1) is 12.4. The van der Waals surface area contributed by atoms with Crippen molar-refractivity contribution >= 4 is 11.5 Å². The van der Waals surface area contributed by atoms with Gasteiger partial charge >= 0.3 is 0 Å². The van der Waals surface area contributed by atoms with Crippen LogP contribution in [0.15, 0.2) is 34.9 Å². The fourth-order valence-electron chi connectivity index (χ4n) is 1.92. The molecular weight excluding hydrogens is 228 g/mol. The van der Waals surface area contributed by atoms with Crippen molar-refractivity contribution in [3.63, 3.8) is 0 Å². The molecule has 5 nitrogen and oxygen atoms in total. The third-order valence-corrected chi connectivity index (χ3v) is 2.84. The van der Waals surface area contributed by atoms with Crippen molar-refractivity contribution in [2.75, 3.05) is 13.7 Å². The van der Waals surface area contributed by atoms with Gasteiger partial charge in [-0.2, -0.15) is 0 Å². The maximum Gasteiger partial charge on any atom is 0.143 e. The van der Waals surface area contributed by atoms with Gasteiger partial charge < -0.3 is 15.0 Å². The Bertz CT molecular complexity index is 537. The lowest BCUT2D eigenvalue weighted by Gasteiger charge is -2.17. The summed E-state index contributed by atoms with van der Waals surface area (Å²) in [4.78, 5) is 8.52. The first-order valence-electron chi connectivity index (χ1n) is 5.86. The molecular formula is C13H18N4O. The first-order valence-corrected chi connectivity index (χ1v) is 5.86. The minimum absolute atomic E-state index is 0.569. The predicted octanol–water partition coefficient (Wildman–Crippen LogP) is 1.71. The van der Waals surface area contributed by atoms with E-state index in [9.17, 15) is 0 Å². The number of amidine groups is 1. The number of hydrogen-bond acceptors (Lipinski definition) is 4. The molecule has 0 bridgehead atoms. The fourth-order valence-corrected chi connectivity index (χ4v) is 1.92. The Morgan fingerprint density at radius 1 is 1.39 bits per heavy atom. The smallest absolute Gasteiger partial charge is 0.143 e. The molecule has 0 spiro atoms. The minimum atomic E-state index is 0.569. The van der Waals surface area contributed by atoms with E-state index in [2.05, 4.69) is 9.98 Å². The Hall–Kier alpha value is -2.04. The van der Waals surface area contributed by atoms with Crippen molar-refractivity contribution in [3.05, 3.63) is 35.6 Å². The maximum atomic E-state index is 5.82. The van der Waals surface area contributed by atoms with Crippen LogP contribution in [0.4, 0.5) is 0 Å². The van der Waals surface area contributed by atoms with Crippen LogP contribution in [0.5, 0.6) is 0 Å². The van der Waals surface area contributed by atoms with Crippen molar-refractivity contribution < 1.29 is 4.74 Å². The first-order chi connectivity index (χ1) is 8.61. The van der Waals surface area contributed by atoms with E-state index in [-0.39, 0.29) is 0 Å². The molecule has 0 amide bonds. The van der Waals surface area contributed by atoms with Crippen LogP contribution in [0.2, 0.25) is 0 Å². The number of aliphatic imine (C=N–C) groups is 1. The van der Waals surface area contributed by atoms with Gasteiger partial charge in [-0.3, -0.25) is 4.99 Å². The van der Waals surface area contributed by atoms with Crippen molar-refractivity contribution in [3.8, 4) is 0 Å². The highest BCUT2D eigenvalue weighted by atomic mass is 16.5. The molecule has 0 atom stereocenters. The van der Waals surface area contributed by atoms with Crippen LogP contribution in [0.25, 0.3) is 5.70 Å². The molecule has 1 aromatic heterocycles. The Balaban J connectivity index is 2.50. The second-order valence-corrected chi connectivity index (χ2v) is 4.34. The number of hydrogen-bond donors (Lipinski definition) is 1. The minimum Gasteiger partial charge on any atom is -0.495 e. The normalized spacial score (nSPS) is 19.7. The van der Waals surface area contributed by atoms with Crippen LogP contribution >= 0.6 is 0 Å². The van der Waals surface area contributed by atoms with Crippen molar-refractivity contribution in [2.24, 2.45) is 10.7 Å². The summed E-state index contributed by atoms with van der Waals surface area (Å²) in [6, 6.07) is 0. The highest BCUT2D eigenvalue weighted by molar-refractivity contribution is 5.84. The van der Waals surface area contributed by atoms with Gasteiger partial charge in [0, 0.05) is 12.6 Å². The van der Waals surface area contributed by atoms with Crippen molar-refractivity contribution in [2.45, 2.75) is 20.3 Å². The Morgan fingerprint density at radius 2 is 2.17 bits per heavy atom. The van der Waals surface area contributed by atoms with E-state index in [0.29, 0.717) is 18.8 Å². The SMILES string of the molecule is COC1=C(C)CN=C(N)C/C=C\1n1cnc(C)c1. The molecule has 2 rings (SSSR count). The van der Waals surface area contributed by atoms with Gasteiger partial charge in [0.15, 0.2) is 0 Å². The monoisotopic (exact) mass is 246 g/mol. The lowest BCUT2D eigenvalue weighted by molar-refractivity contribution is 0.302. The molecule has 0 unspecified atom stereocenters. The third kappa shape index (κ3) is 2.45. The molecule has 0 aliphatic carbocycles. The largest absolute Gasteiger partial charge is 0.495 e. The molecule has 2 N–H and O–H groups in total. The number of methoxy groups -OCH3 is 1. The third-order valence-electron chi connectivity index (χ3n) is 2.84. The summed E-state index contributed by atoms with van der Waals surface area (Å²) in [6.07, 6.45) is 6.38. The number of nitrogens with two attached hydrogens (primary N) is 1. The number of ether oxygens (including phenoxy) is 1. The number of rotatable bonds is 2. The van der Waals surface area contributed by atoms with E-state index in [0.717, 1.165) is 22.7 Å². The molecule has 1 aromatic rings. The average Bonchev–Trinajstić information content (AvgIpc) is 2.76. The number of aromatic nitrogens is 2. The van der Waals surface area contributed by atoms with E-state index in [1.165, 1.54) is 0 Å². The van der Waals surface area contributed by atoms with Crippen LogP contribution < -0.4 is 5.73 Å². The van der Waals surface area contributed by atoms with Crippen LogP contribution in [-0.2, 0) is 4.74 Å². The zero-order valence-electron chi connectivity index (χ0n) is 11.0. The van der Waals surface area contributed by atoms with Gasteiger partial charge in [0.25, 0.3) is 0 Å². The van der Waals surface area contributed by atoms with Crippen LogP contribution in [0.3, 0.4) is 0 Å². The Morgan fingerprint density at radius 3 is 2.78 bits per heavy atom. The van der Waals surface area contributed by atoms with Gasteiger partial charge in [-0.1, -0.05) is 0 Å². The molecule has 0 fully saturated rings. The van der Waals surface area contributed by atoms with E-state index >= 15 is 0 Å². The zero-order valence-corrected chi connectivity index (χ0v) is 11.0. The molecule has 5 heteroatoms. The summed E-state index contributed by atoms with van der Waals surface area (Å²) < 4.78 is 7.46. The molecule has 1 aliphatic heterocycles. The topological polar surface area (TPSA) is 65.4 Å². The molecule has 0 aromatic carbocycles. The summed E-state index contributed by atoms with van der Waals surface area (Å²) in [5, 5.41) is 0. The highest BCUT2D eigenvalue weighted by Gasteiger charge is 2.14. The van der Waals surface area contributed by atoms with Gasteiger partial charge in [0.2, 0.25) is 0 Å². The van der Waals surface area contributed by atoms with Crippen LogP contribution in [-0.4, -0.2) is 29.0 Å². The number of aryl methyl sites for hydroxylation is 1. The molecule has 0 saturated heterocycles. The number of allylic oxidation sites excluding steroid dienone is 1. The molecule has 0 radical (unpaired) electrons. The summed E-state index contributed by atoms with van der Waals surface area (Å²) in [5.41, 5.74) is 8.80. The highest BCUT2D eigenvalue weighted by Crippen LogP contribution is 2.23. The van der Waals surface area contributed by atoms with E-state index in [1.54, 1.807) is 13.4 Å². The molecule has 2 heterocycles. The number of imidazole rings is 1. The van der Waals surface area contributed by atoms with E-state index in [4.69, 9.17) is 10.5 Å². The van der Waals surface area contributed by atoms with Gasteiger partial charge in [-0.15, -0.1) is 0 Å². The van der Waals surface area contributed by atoms with Gasteiger partial charge in [-0.25, -0.2) is 4.98 Å². The van der Waals surface area contributed by atoms with Gasteiger partial charge in [-0.05, 0) is 25.5 Å². The van der Waals surface area contributed by atoms with Crippen LogP contribution in [0.1, 0.15) is 19.0 Å². The Kier molecular flexibility index (Phi) is 3.50. The second-order valence-electron chi connectivity index (χ2n) is 4.34. The van der Waals surface area contributed by atoms with Crippen molar-refractivity contribution in [1.82, 2.24) is 9.55 Å². The maximum absolute atomic E-state index is 5.82. The molecule has 18 heavy (non-hydrogen) atoms. The summed E-state index contributed by atoms with van der Waals surface area (Å²) in [7, 11) is 1.67. The fraction of sp³-hybridized carbons (Fsp3) is 0.385. The summed E-state index contributed by atoms with van der Waals surface area (Å²) in [6.45, 7) is 4.53. The van der Waals surface area contributed by atoms with E-state index < -0.39 is 0 Å². The van der Waals surface area contributed by atoms with E-state index in [1.807, 2.05) is 30.7 Å². The van der Waals surface area contributed by atoms with Gasteiger partial charge in [0.05, 0.1) is 37.2 Å². The summed E-state index contributed by atoms with van der Waals surface area (Å²) >= 11 is 0. The van der Waals surface area contributed by atoms with Crippen molar-refractivity contribution in [1.29, 1.82) is 0 Å². The quantitative estimate of drug-likeness (QED) is 0.864. The van der Waals surface area contributed by atoms with Gasteiger partial charge in [0.1, 0.15) is 5.76 Å². The average molecular weight is 246 g/mol. The Labute approximate surface area is 107 Å². The molecule has 0 saturated carbocycles. The molecule has 1 aliphatic rings. The predicted molar refractivity (Wildman–Crippen MR) is 72.1 cm³/mol. The number of nitrogens with zero attached hydrogens (tertiary/aromatic N) is 3. The molecule has 96 valence electrons. The zero-order chi connectivity index (χ0) is 13.1. The summed E-state index contributed by atoms with van der Waals surface area (Å²) in [5.74, 6) is 1.47. The lowest BCUT2D eigenvalue weighted by atomic mass is 10.1. The lowest BCUT2D eigenvalue weighted by Crippen LogP contribution is -2.15. The standard InChI is InChI=1S/C13H18N4O/c1-9-6-15-12(14)5-4-11(13(9)18-3)17-7-10(2)16-8-17/h4,7-8H,5-6H2,1-3H3,(H2,14,15)/b11-4+,13-9?. The van der Waals surface area contributed by atoms with Crippen LogP contribution in [0, 0.1) is 6.92 Å². The second kappa shape index (κ2) is 5.08.